The minimum absolute atomic E-state index is 0.00390. The first-order valence-corrected chi connectivity index (χ1v) is 9.41. The molecular weight excluding hydrogens is 356 g/mol. The van der Waals surface area contributed by atoms with Crippen molar-refractivity contribution in [3.05, 3.63) is 59.7 Å². The van der Waals surface area contributed by atoms with Gasteiger partial charge < -0.3 is 19.7 Å². The van der Waals surface area contributed by atoms with Gasteiger partial charge in [-0.1, -0.05) is 36.4 Å². The van der Waals surface area contributed by atoms with Crippen LogP contribution in [-0.4, -0.2) is 44.0 Å². The number of hydrogen-bond donors (Lipinski definition) is 1. The van der Waals surface area contributed by atoms with Gasteiger partial charge in [-0.05, 0) is 24.1 Å². The first-order chi connectivity index (χ1) is 13.6. The molecule has 1 aliphatic heterocycles. The van der Waals surface area contributed by atoms with Gasteiger partial charge in [-0.3, -0.25) is 9.59 Å². The predicted molar refractivity (Wildman–Crippen MR) is 106 cm³/mol. The number of likely N-dealkylation sites (tertiary alicyclic amines) is 1. The third-order valence-corrected chi connectivity index (χ3v) is 5.03. The highest BCUT2D eigenvalue weighted by Gasteiger charge is 2.34. The van der Waals surface area contributed by atoms with Crippen LogP contribution >= 0.6 is 0 Å². The van der Waals surface area contributed by atoms with Crippen molar-refractivity contribution in [3.63, 3.8) is 0 Å². The second-order valence-electron chi connectivity index (χ2n) is 6.84. The van der Waals surface area contributed by atoms with Crippen molar-refractivity contribution < 1.29 is 19.1 Å². The summed E-state index contributed by atoms with van der Waals surface area (Å²) < 4.78 is 10.7. The summed E-state index contributed by atoms with van der Waals surface area (Å²) in [6.45, 7) is 1.39. The van der Waals surface area contributed by atoms with Gasteiger partial charge in [0.05, 0.1) is 20.1 Å². The van der Waals surface area contributed by atoms with E-state index >= 15 is 0 Å². The Labute approximate surface area is 165 Å². The highest BCUT2D eigenvalue weighted by Crippen LogP contribution is 2.25. The Bertz CT molecular complexity index is 837. The fourth-order valence-electron chi connectivity index (χ4n) is 3.51. The van der Waals surface area contributed by atoms with Gasteiger partial charge in [-0.15, -0.1) is 0 Å². The van der Waals surface area contributed by atoms with Crippen LogP contribution in [0.15, 0.2) is 48.5 Å². The van der Waals surface area contributed by atoms with Crippen molar-refractivity contribution in [3.8, 4) is 11.5 Å². The molecule has 1 aliphatic rings. The molecule has 1 N–H and O–H groups in total. The van der Waals surface area contributed by atoms with Crippen LogP contribution in [0.3, 0.4) is 0 Å². The zero-order valence-electron chi connectivity index (χ0n) is 16.3. The van der Waals surface area contributed by atoms with Gasteiger partial charge in [0.2, 0.25) is 11.8 Å². The monoisotopic (exact) mass is 382 g/mol. The number of methoxy groups -OCH3 is 2. The van der Waals surface area contributed by atoms with Crippen molar-refractivity contribution in [1.29, 1.82) is 0 Å². The molecule has 1 unspecified atom stereocenters. The summed E-state index contributed by atoms with van der Waals surface area (Å²) in [7, 11) is 3.25. The van der Waals surface area contributed by atoms with Gasteiger partial charge in [0, 0.05) is 31.6 Å². The van der Waals surface area contributed by atoms with Gasteiger partial charge in [-0.25, -0.2) is 0 Å². The number of benzene rings is 2. The average Bonchev–Trinajstić information content (AvgIpc) is 3.09. The fraction of sp³-hybridized carbons (Fsp3) is 0.364. The highest BCUT2D eigenvalue weighted by molar-refractivity contribution is 5.89. The van der Waals surface area contributed by atoms with E-state index in [0.29, 0.717) is 26.1 Å². The molecule has 2 aromatic rings. The van der Waals surface area contributed by atoms with E-state index in [-0.39, 0.29) is 24.2 Å². The van der Waals surface area contributed by atoms with Crippen LogP contribution in [0.1, 0.15) is 17.5 Å². The summed E-state index contributed by atoms with van der Waals surface area (Å²) in [4.78, 5) is 26.6. The molecule has 6 heteroatoms. The zero-order valence-corrected chi connectivity index (χ0v) is 16.3. The lowest BCUT2D eigenvalue weighted by Crippen LogP contribution is -2.34. The lowest BCUT2D eigenvalue weighted by atomic mass is 10.1. The van der Waals surface area contributed by atoms with Gasteiger partial charge in [0.15, 0.2) is 0 Å². The Kier molecular flexibility index (Phi) is 6.53. The lowest BCUT2D eigenvalue weighted by molar-refractivity contribution is -0.129. The van der Waals surface area contributed by atoms with Crippen LogP contribution in [0.4, 0.5) is 0 Å². The standard InChI is InChI=1S/C22H26N2O4/c1-27-19-9-5-3-7-16(19)11-12-23-22(26)18-13-21(25)24(15-18)14-17-8-4-6-10-20(17)28-2/h3-10,18H,11-15H2,1-2H3,(H,23,26). The molecule has 1 atom stereocenters. The van der Waals surface area contributed by atoms with Crippen molar-refractivity contribution in [1.82, 2.24) is 10.2 Å². The van der Waals surface area contributed by atoms with Crippen LogP contribution in [0.5, 0.6) is 11.5 Å². The number of nitrogens with zero attached hydrogens (tertiary/aromatic N) is 1. The molecule has 3 rings (SSSR count). The maximum Gasteiger partial charge on any atom is 0.225 e. The Morgan fingerprint density at radius 3 is 2.32 bits per heavy atom. The van der Waals surface area contributed by atoms with E-state index in [1.807, 2.05) is 48.5 Å². The molecule has 1 saturated heterocycles. The van der Waals surface area contributed by atoms with Crippen LogP contribution in [-0.2, 0) is 22.6 Å². The molecule has 148 valence electrons. The molecule has 0 aliphatic carbocycles. The number of ether oxygens (including phenoxy) is 2. The number of nitrogens with one attached hydrogen (secondary N) is 1. The molecule has 2 aromatic carbocycles. The molecule has 1 fully saturated rings. The summed E-state index contributed by atoms with van der Waals surface area (Å²) in [6, 6.07) is 15.4. The third kappa shape index (κ3) is 4.63. The SMILES string of the molecule is COc1ccccc1CCNC(=O)C1CC(=O)N(Cc2ccccc2OC)C1. The zero-order chi connectivity index (χ0) is 19.9. The highest BCUT2D eigenvalue weighted by atomic mass is 16.5. The summed E-state index contributed by atoms with van der Waals surface area (Å²) in [5.41, 5.74) is 1.99. The lowest BCUT2D eigenvalue weighted by Gasteiger charge is -2.18. The normalized spacial score (nSPS) is 16.1. The number of para-hydroxylation sites is 2. The molecule has 6 nitrogen and oxygen atoms in total. The molecule has 1 heterocycles. The minimum Gasteiger partial charge on any atom is -0.496 e. The smallest absolute Gasteiger partial charge is 0.225 e. The van der Waals surface area contributed by atoms with E-state index < -0.39 is 0 Å². The second kappa shape index (κ2) is 9.26. The Morgan fingerprint density at radius 2 is 1.64 bits per heavy atom. The summed E-state index contributed by atoms with van der Waals surface area (Å²) in [5, 5.41) is 2.95. The average molecular weight is 382 g/mol. The largest absolute Gasteiger partial charge is 0.496 e. The van der Waals surface area contributed by atoms with Gasteiger partial charge >= 0.3 is 0 Å². The van der Waals surface area contributed by atoms with E-state index in [0.717, 1.165) is 22.6 Å². The fourth-order valence-corrected chi connectivity index (χ4v) is 3.51. The molecule has 0 bridgehead atoms. The van der Waals surface area contributed by atoms with Crippen LogP contribution in [0, 0.1) is 5.92 Å². The molecule has 28 heavy (non-hydrogen) atoms. The van der Waals surface area contributed by atoms with Gasteiger partial charge in [0.25, 0.3) is 0 Å². The molecule has 0 saturated carbocycles. The van der Waals surface area contributed by atoms with Gasteiger partial charge in [0.1, 0.15) is 11.5 Å². The number of rotatable bonds is 8. The Morgan fingerprint density at radius 1 is 1.04 bits per heavy atom. The second-order valence-corrected chi connectivity index (χ2v) is 6.84. The molecule has 0 radical (unpaired) electrons. The maximum atomic E-state index is 12.5. The maximum absolute atomic E-state index is 12.5. The quantitative estimate of drug-likeness (QED) is 0.761. The summed E-state index contributed by atoms with van der Waals surface area (Å²) in [5.74, 6) is 1.16. The van der Waals surface area contributed by atoms with E-state index in [4.69, 9.17) is 9.47 Å². The van der Waals surface area contributed by atoms with Gasteiger partial charge in [-0.2, -0.15) is 0 Å². The number of carbonyl (C=O) groups is 2. The van der Waals surface area contributed by atoms with Crippen molar-refractivity contribution in [2.24, 2.45) is 5.92 Å². The van der Waals surface area contributed by atoms with Crippen molar-refractivity contribution >= 4 is 11.8 Å². The topological polar surface area (TPSA) is 67.9 Å². The van der Waals surface area contributed by atoms with Crippen molar-refractivity contribution in [2.75, 3.05) is 27.3 Å². The van der Waals surface area contributed by atoms with Crippen LogP contribution < -0.4 is 14.8 Å². The Hall–Kier alpha value is -3.02. The molecule has 2 amide bonds. The predicted octanol–water partition coefficient (Wildman–Crippen LogP) is 2.41. The summed E-state index contributed by atoms with van der Waals surface area (Å²) >= 11 is 0. The Balaban J connectivity index is 1.52. The molecule has 0 spiro atoms. The first-order valence-electron chi connectivity index (χ1n) is 9.41. The number of amides is 2. The number of carbonyl (C=O) groups excluding carboxylic acids is 2. The van der Waals surface area contributed by atoms with Crippen molar-refractivity contribution in [2.45, 2.75) is 19.4 Å². The first kappa shape index (κ1) is 19.7. The molecule has 0 aromatic heterocycles. The minimum atomic E-state index is -0.320. The third-order valence-electron chi connectivity index (χ3n) is 5.03. The number of hydrogen-bond acceptors (Lipinski definition) is 4. The van der Waals surface area contributed by atoms with Crippen LogP contribution in [0.25, 0.3) is 0 Å². The van der Waals surface area contributed by atoms with E-state index in [1.54, 1.807) is 19.1 Å². The van der Waals surface area contributed by atoms with E-state index in [2.05, 4.69) is 5.32 Å². The van der Waals surface area contributed by atoms with E-state index in [1.165, 1.54) is 0 Å². The van der Waals surface area contributed by atoms with Crippen LogP contribution in [0.2, 0.25) is 0 Å². The summed E-state index contributed by atoms with van der Waals surface area (Å²) in [6.07, 6.45) is 0.928. The molecular formula is C22H26N2O4. The van der Waals surface area contributed by atoms with E-state index in [9.17, 15) is 9.59 Å².